The van der Waals surface area contributed by atoms with Crippen LogP contribution < -0.4 is 0 Å². The minimum Gasteiger partial charge on any atom is -0.241 e. The van der Waals surface area contributed by atoms with Gasteiger partial charge < -0.3 is 0 Å². The van der Waals surface area contributed by atoms with Crippen LogP contribution >= 0.6 is 0 Å². The van der Waals surface area contributed by atoms with Crippen LogP contribution in [0.15, 0.2) is 37.0 Å². The Bertz CT molecular complexity index is 169. The fourth-order valence-corrected chi connectivity index (χ4v) is 0.429. The highest BCUT2D eigenvalue weighted by atomic mass is 14.9. The van der Waals surface area contributed by atoms with E-state index < -0.39 is 0 Å². The summed E-state index contributed by atoms with van der Waals surface area (Å²) in [5.41, 5.74) is 0. The highest BCUT2D eigenvalue weighted by molar-refractivity contribution is 5.66. The lowest BCUT2D eigenvalue weighted by Crippen LogP contribution is -1.94. The van der Waals surface area contributed by atoms with Crippen LogP contribution in [0.3, 0.4) is 0 Å². The smallest absolute Gasteiger partial charge is 0.162 e. The first-order valence-electron chi connectivity index (χ1n) is 3.23. The third kappa shape index (κ3) is 6.89. The van der Waals surface area contributed by atoms with Crippen LogP contribution in [-0.2, 0) is 0 Å². The molecule has 0 amide bonds. The van der Waals surface area contributed by atoms with Gasteiger partial charge in [0.25, 0.3) is 0 Å². The molecule has 0 saturated heterocycles. The maximum absolute atomic E-state index is 3.55. The lowest BCUT2D eigenvalue weighted by molar-refractivity contribution is -0.458. The molecule has 0 aromatic heterocycles. The van der Waals surface area contributed by atoms with Crippen molar-refractivity contribution in [3.63, 3.8) is 0 Å². The Labute approximate surface area is 62.7 Å². The minimum absolute atomic E-state index is 1.75. The standard InChI is InChI=1S/C9H14N/c1-4-5-6-7-8-9-10(2)3/h4-9H,1H2,2-3H3/q+1/b6-5+,8-7+. The van der Waals surface area contributed by atoms with Crippen molar-refractivity contribution in [3.05, 3.63) is 37.0 Å². The fourth-order valence-electron chi connectivity index (χ4n) is 0.429. The van der Waals surface area contributed by atoms with E-state index >= 15 is 0 Å². The third-order valence-electron chi connectivity index (χ3n) is 0.854. The highest BCUT2D eigenvalue weighted by Crippen LogP contribution is 1.74. The zero-order valence-corrected chi connectivity index (χ0v) is 6.62. The molecule has 0 aliphatic rings. The molecule has 0 bridgehead atoms. The SMILES string of the molecule is C=C/C=C/C=C/C=[N+](C)C. The van der Waals surface area contributed by atoms with Crippen LogP contribution in [0.25, 0.3) is 0 Å². The van der Waals surface area contributed by atoms with Gasteiger partial charge in [0.2, 0.25) is 0 Å². The molecule has 0 heterocycles. The van der Waals surface area contributed by atoms with Crippen molar-refractivity contribution in [3.8, 4) is 0 Å². The minimum atomic E-state index is 1.75. The Morgan fingerprint density at radius 2 is 1.60 bits per heavy atom. The van der Waals surface area contributed by atoms with Gasteiger partial charge >= 0.3 is 0 Å². The van der Waals surface area contributed by atoms with Crippen LogP contribution in [0.4, 0.5) is 0 Å². The van der Waals surface area contributed by atoms with Gasteiger partial charge in [-0.25, -0.2) is 4.58 Å². The molecule has 0 N–H and O–H groups in total. The number of nitrogens with zero attached hydrogens (tertiary/aromatic N) is 1. The topological polar surface area (TPSA) is 3.01 Å². The quantitative estimate of drug-likeness (QED) is 0.315. The van der Waals surface area contributed by atoms with Crippen molar-refractivity contribution < 1.29 is 4.58 Å². The summed E-state index contributed by atoms with van der Waals surface area (Å²) in [6, 6.07) is 0. The summed E-state index contributed by atoms with van der Waals surface area (Å²) < 4.78 is 1.98. The Hall–Kier alpha value is -1.11. The van der Waals surface area contributed by atoms with E-state index in [0.29, 0.717) is 0 Å². The maximum atomic E-state index is 3.55. The second kappa shape index (κ2) is 6.02. The number of hydrogen-bond acceptors (Lipinski definition) is 0. The third-order valence-corrected chi connectivity index (χ3v) is 0.854. The van der Waals surface area contributed by atoms with E-state index in [2.05, 4.69) is 6.58 Å². The van der Waals surface area contributed by atoms with Crippen molar-refractivity contribution in [1.82, 2.24) is 0 Å². The average Bonchev–Trinajstić information content (AvgIpc) is 1.87. The van der Waals surface area contributed by atoms with Gasteiger partial charge in [-0.05, 0) is 0 Å². The van der Waals surface area contributed by atoms with Crippen molar-refractivity contribution in [2.24, 2.45) is 0 Å². The molecule has 0 atom stereocenters. The Balaban J connectivity index is 3.67. The van der Waals surface area contributed by atoms with Gasteiger partial charge in [-0.2, -0.15) is 0 Å². The monoisotopic (exact) mass is 136 g/mol. The predicted molar refractivity (Wildman–Crippen MR) is 46.6 cm³/mol. The van der Waals surface area contributed by atoms with E-state index in [9.17, 15) is 0 Å². The molecule has 0 aromatic carbocycles. The van der Waals surface area contributed by atoms with E-state index in [0.717, 1.165) is 0 Å². The average molecular weight is 136 g/mol. The van der Waals surface area contributed by atoms with E-state index in [1.807, 2.05) is 49.2 Å². The molecule has 0 unspecified atom stereocenters. The largest absolute Gasteiger partial charge is 0.241 e. The second-order valence-electron chi connectivity index (χ2n) is 2.12. The molecule has 0 aromatic rings. The van der Waals surface area contributed by atoms with E-state index in [1.54, 1.807) is 6.08 Å². The first-order chi connectivity index (χ1) is 4.77. The summed E-state index contributed by atoms with van der Waals surface area (Å²) in [4.78, 5) is 0. The molecule has 54 valence electrons. The lowest BCUT2D eigenvalue weighted by atomic mass is 10.4. The van der Waals surface area contributed by atoms with Crippen molar-refractivity contribution in [2.75, 3.05) is 14.1 Å². The predicted octanol–water partition coefficient (Wildman–Crippen LogP) is 1.63. The van der Waals surface area contributed by atoms with Crippen LogP contribution in [0, 0.1) is 0 Å². The van der Waals surface area contributed by atoms with E-state index in [4.69, 9.17) is 0 Å². The maximum Gasteiger partial charge on any atom is 0.162 e. The summed E-state index contributed by atoms with van der Waals surface area (Å²) >= 11 is 0. The summed E-state index contributed by atoms with van der Waals surface area (Å²) in [5, 5.41) is 0. The normalized spacial score (nSPS) is 10.6. The number of allylic oxidation sites excluding steroid dienone is 5. The van der Waals surface area contributed by atoms with Gasteiger partial charge in [-0.15, -0.1) is 0 Å². The van der Waals surface area contributed by atoms with E-state index in [1.165, 1.54) is 0 Å². The zero-order chi connectivity index (χ0) is 7.82. The van der Waals surface area contributed by atoms with Crippen LogP contribution in [0.2, 0.25) is 0 Å². The van der Waals surface area contributed by atoms with Crippen molar-refractivity contribution in [2.45, 2.75) is 0 Å². The van der Waals surface area contributed by atoms with Gasteiger partial charge in [0.1, 0.15) is 14.1 Å². The summed E-state index contributed by atoms with van der Waals surface area (Å²) in [6.07, 6.45) is 11.5. The first-order valence-corrected chi connectivity index (χ1v) is 3.23. The lowest BCUT2D eigenvalue weighted by Gasteiger charge is -1.76. The molecule has 0 fully saturated rings. The Morgan fingerprint density at radius 1 is 1.00 bits per heavy atom. The fraction of sp³-hybridized carbons (Fsp3) is 0.222. The molecule has 10 heavy (non-hydrogen) atoms. The number of rotatable bonds is 3. The molecule has 0 spiro atoms. The van der Waals surface area contributed by atoms with E-state index in [-0.39, 0.29) is 0 Å². The van der Waals surface area contributed by atoms with Gasteiger partial charge in [-0.1, -0.05) is 30.9 Å². The Kier molecular flexibility index (Phi) is 5.35. The summed E-state index contributed by atoms with van der Waals surface area (Å²) in [6.45, 7) is 3.55. The Morgan fingerprint density at radius 3 is 2.10 bits per heavy atom. The molecule has 0 aliphatic carbocycles. The number of hydrogen-bond donors (Lipinski definition) is 0. The molecule has 1 heteroatoms. The summed E-state index contributed by atoms with van der Waals surface area (Å²) in [5.74, 6) is 0. The first kappa shape index (κ1) is 8.89. The van der Waals surface area contributed by atoms with Crippen LogP contribution in [0.1, 0.15) is 0 Å². The van der Waals surface area contributed by atoms with Crippen LogP contribution in [-0.4, -0.2) is 24.9 Å². The second-order valence-corrected chi connectivity index (χ2v) is 2.12. The molecule has 0 rings (SSSR count). The summed E-state index contributed by atoms with van der Waals surface area (Å²) in [7, 11) is 3.98. The molecule has 1 nitrogen and oxygen atoms in total. The molecule has 0 saturated carbocycles. The van der Waals surface area contributed by atoms with Gasteiger partial charge in [0.05, 0.1) is 0 Å². The van der Waals surface area contributed by atoms with Gasteiger partial charge in [0.15, 0.2) is 6.21 Å². The zero-order valence-electron chi connectivity index (χ0n) is 6.62. The van der Waals surface area contributed by atoms with Crippen molar-refractivity contribution in [1.29, 1.82) is 0 Å². The van der Waals surface area contributed by atoms with Gasteiger partial charge in [0, 0.05) is 6.08 Å². The van der Waals surface area contributed by atoms with Crippen LogP contribution in [0.5, 0.6) is 0 Å². The highest BCUT2D eigenvalue weighted by Gasteiger charge is 1.72. The van der Waals surface area contributed by atoms with Crippen molar-refractivity contribution >= 4 is 6.21 Å². The molecular formula is C9H14N+. The molecule has 0 radical (unpaired) electrons. The molecule has 0 aliphatic heterocycles. The molecular weight excluding hydrogens is 122 g/mol. The van der Waals surface area contributed by atoms with Gasteiger partial charge in [-0.3, -0.25) is 0 Å².